The molecule has 2 N–H and O–H groups in total. The first-order valence-electron chi connectivity index (χ1n) is 6.54. The highest BCUT2D eigenvalue weighted by atomic mass is 32.1. The Balaban J connectivity index is 2.01. The van der Waals surface area contributed by atoms with Gasteiger partial charge in [-0.05, 0) is 13.3 Å². The first-order valence-corrected chi connectivity index (χ1v) is 7.42. The Bertz CT molecular complexity index is 694. The van der Waals surface area contributed by atoms with Gasteiger partial charge >= 0.3 is 6.03 Å². The van der Waals surface area contributed by atoms with E-state index in [1.54, 1.807) is 18.4 Å². The maximum Gasteiger partial charge on any atom is 0.321 e. The molecule has 0 unspecified atom stereocenters. The Morgan fingerprint density at radius 2 is 2.29 bits per heavy atom. The molecule has 0 saturated carbocycles. The van der Waals surface area contributed by atoms with Crippen LogP contribution in [0.15, 0.2) is 22.6 Å². The number of rotatable bonds is 4. The number of urea groups is 1. The minimum Gasteiger partial charge on any atom is -0.330 e. The molecule has 0 aliphatic carbocycles. The summed E-state index contributed by atoms with van der Waals surface area (Å²) in [5, 5.41) is 8.13. The summed E-state index contributed by atoms with van der Waals surface area (Å²) in [6, 6.07) is -0.724. The number of hydrogen-bond donors (Lipinski definition) is 2. The number of carbonyl (C=O) groups is 1. The van der Waals surface area contributed by atoms with Crippen molar-refractivity contribution in [2.24, 2.45) is 7.05 Å². The van der Waals surface area contributed by atoms with Gasteiger partial charge in [0.15, 0.2) is 0 Å². The third-order valence-electron chi connectivity index (χ3n) is 2.91. The fraction of sp³-hybridized carbons (Fsp3) is 0.385. The molecule has 0 spiro atoms. The zero-order valence-corrected chi connectivity index (χ0v) is 12.9. The van der Waals surface area contributed by atoms with Gasteiger partial charge in [0.2, 0.25) is 5.82 Å². The molecule has 1 atom stereocenters. The lowest BCUT2D eigenvalue weighted by Crippen LogP contribution is -2.34. The molecule has 2 heterocycles. The Hall–Kier alpha value is -2.22. The maximum atomic E-state index is 11.9. The minimum absolute atomic E-state index is 0.00257. The molecule has 2 rings (SSSR count). The zero-order chi connectivity index (χ0) is 15.4. The van der Waals surface area contributed by atoms with E-state index in [2.05, 4.69) is 20.6 Å². The third kappa shape index (κ3) is 3.66. The molecule has 2 amide bonds. The van der Waals surface area contributed by atoms with Crippen LogP contribution < -0.4 is 16.2 Å². The van der Waals surface area contributed by atoms with Gasteiger partial charge in [-0.15, -0.1) is 11.3 Å². The number of thiazole rings is 1. The summed E-state index contributed by atoms with van der Waals surface area (Å²) >= 11 is 1.56. The van der Waals surface area contributed by atoms with E-state index >= 15 is 0 Å². The van der Waals surface area contributed by atoms with Crippen LogP contribution in [0.1, 0.15) is 30.6 Å². The van der Waals surface area contributed by atoms with Gasteiger partial charge in [-0.2, -0.15) is 0 Å². The summed E-state index contributed by atoms with van der Waals surface area (Å²) in [5.41, 5.74) is 0.447. The molecule has 8 heteroatoms. The number of hydrogen-bond acceptors (Lipinski definition) is 5. The second-order valence-corrected chi connectivity index (χ2v) is 5.47. The van der Waals surface area contributed by atoms with Crippen LogP contribution in [0.3, 0.4) is 0 Å². The molecule has 21 heavy (non-hydrogen) atoms. The van der Waals surface area contributed by atoms with E-state index in [1.807, 2.05) is 19.2 Å². The molecule has 0 saturated heterocycles. The molecule has 0 fully saturated rings. The summed E-state index contributed by atoms with van der Waals surface area (Å²) in [7, 11) is 1.59. The monoisotopic (exact) mass is 307 g/mol. The van der Waals surface area contributed by atoms with Crippen molar-refractivity contribution in [3.8, 4) is 0 Å². The molecule has 0 aliphatic rings. The van der Waals surface area contributed by atoms with Crippen LogP contribution in [0.25, 0.3) is 0 Å². The predicted molar refractivity (Wildman–Crippen MR) is 81.5 cm³/mol. The average Bonchev–Trinajstić information content (AvgIpc) is 2.93. The fourth-order valence-electron chi connectivity index (χ4n) is 1.68. The van der Waals surface area contributed by atoms with Crippen molar-refractivity contribution in [1.29, 1.82) is 0 Å². The largest absolute Gasteiger partial charge is 0.330 e. The van der Waals surface area contributed by atoms with Gasteiger partial charge < -0.3 is 9.88 Å². The average molecular weight is 307 g/mol. The lowest BCUT2D eigenvalue weighted by atomic mass is 10.3. The number of nitrogens with zero attached hydrogens (tertiary/aromatic N) is 3. The van der Waals surface area contributed by atoms with Crippen molar-refractivity contribution in [2.75, 3.05) is 5.32 Å². The van der Waals surface area contributed by atoms with Gasteiger partial charge in [0, 0.05) is 24.8 Å². The molecule has 7 nitrogen and oxygen atoms in total. The smallest absolute Gasteiger partial charge is 0.321 e. The number of anilines is 1. The van der Waals surface area contributed by atoms with Crippen LogP contribution in [-0.4, -0.2) is 20.6 Å². The Morgan fingerprint density at radius 1 is 1.52 bits per heavy atom. The van der Waals surface area contributed by atoms with Crippen molar-refractivity contribution in [3.63, 3.8) is 0 Å². The lowest BCUT2D eigenvalue weighted by molar-refractivity contribution is 0.249. The molecular formula is C13H17N5O2S. The van der Waals surface area contributed by atoms with Crippen LogP contribution in [0.2, 0.25) is 0 Å². The lowest BCUT2D eigenvalue weighted by Gasteiger charge is -2.12. The van der Waals surface area contributed by atoms with Crippen LogP contribution in [0.5, 0.6) is 0 Å². The van der Waals surface area contributed by atoms with Gasteiger partial charge in [0.1, 0.15) is 0 Å². The number of aromatic nitrogens is 3. The van der Waals surface area contributed by atoms with Gasteiger partial charge in [-0.3, -0.25) is 10.1 Å². The highest BCUT2D eigenvalue weighted by molar-refractivity contribution is 7.09. The molecular weight excluding hydrogens is 290 g/mol. The number of nitrogens with one attached hydrogen (secondary N) is 2. The van der Waals surface area contributed by atoms with E-state index in [-0.39, 0.29) is 17.4 Å². The van der Waals surface area contributed by atoms with Gasteiger partial charge in [0.05, 0.1) is 16.7 Å². The zero-order valence-electron chi connectivity index (χ0n) is 12.1. The Morgan fingerprint density at radius 3 is 2.95 bits per heavy atom. The minimum atomic E-state index is -0.482. The van der Waals surface area contributed by atoms with Crippen LogP contribution >= 0.6 is 11.3 Å². The summed E-state index contributed by atoms with van der Waals surface area (Å²) < 4.78 is 1.35. The summed E-state index contributed by atoms with van der Waals surface area (Å²) in [6.45, 7) is 3.87. The first kappa shape index (κ1) is 15.2. The Labute approximate surface area is 126 Å². The molecule has 0 bridgehead atoms. The van der Waals surface area contributed by atoms with E-state index in [0.29, 0.717) is 0 Å². The summed E-state index contributed by atoms with van der Waals surface area (Å²) in [5.74, 6) is -0.00257. The maximum absolute atomic E-state index is 11.9. The van der Waals surface area contributed by atoms with Crippen molar-refractivity contribution in [1.82, 2.24) is 19.9 Å². The molecule has 112 valence electrons. The molecule has 2 aromatic rings. The van der Waals surface area contributed by atoms with Crippen LogP contribution in [0, 0.1) is 0 Å². The van der Waals surface area contributed by atoms with E-state index in [9.17, 15) is 9.59 Å². The summed E-state index contributed by atoms with van der Waals surface area (Å²) in [4.78, 5) is 31.9. The van der Waals surface area contributed by atoms with Crippen molar-refractivity contribution >= 4 is 23.2 Å². The van der Waals surface area contributed by atoms with Crippen LogP contribution in [0.4, 0.5) is 10.6 Å². The summed E-state index contributed by atoms with van der Waals surface area (Å²) in [6.07, 6.45) is 3.84. The predicted octanol–water partition coefficient (Wildman–Crippen LogP) is 1.68. The second kappa shape index (κ2) is 6.49. The van der Waals surface area contributed by atoms with Gasteiger partial charge in [-0.25, -0.2) is 14.8 Å². The quantitative estimate of drug-likeness (QED) is 0.899. The van der Waals surface area contributed by atoms with E-state index in [1.165, 1.54) is 17.0 Å². The van der Waals surface area contributed by atoms with E-state index in [0.717, 1.165) is 17.1 Å². The fourth-order valence-corrected chi connectivity index (χ4v) is 2.52. The first-order chi connectivity index (χ1) is 10.0. The van der Waals surface area contributed by atoms with Crippen molar-refractivity contribution in [2.45, 2.75) is 26.3 Å². The highest BCUT2D eigenvalue weighted by Crippen LogP contribution is 2.16. The number of amides is 2. The molecule has 0 aliphatic heterocycles. The Kier molecular flexibility index (Phi) is 4.69. The van der Waals surface area contributed by atoms with Crippen molar-refractivity contribution in [3.05, 3.63) is 38.8 Å². The molecule has 0 radical (unpaired) electrons. The normalized spacial score (nSPS) is 12.0. The highest BCUT2D eigenvalue weighted by Gasteiger charge is 2.14. The molecule has 2 aromatic heterocycles. The second-order valence-electron chi connectivity index (χ2n) is 4.53. The standard InChI is InChI=1S/C13H17N5O2S/c1-4-10-16-9(7-21-10)8(2)15-13(20)17-11-12(19)18(3)6-5-14-11/h5-8H,4H2,1-3H3,(H2,14,15,17,20)/t8-/m1/s1. The van der Waals surface area contributed by atoms with Gasteiger partial charge in [-0.1, -0.05) is 6.92 Å². The number of carbonyl (C=O) groups excluding carboxylic acids is 1. The van der Waals surface area contributed by atoms with E-state index < -0.39 is 6.03 Å². The van der Waals surface area contributed by atoms with Crippen molar-refractivity contribution < 1.29 is 4.79 Å². The van der Waals surface area contributed by atoms with E-state index in [4.69, 9.17) is 0 Å². The number of aryl methyl sites for hydroxylation is 2. The van der Waals surface area contributed by atoms with Crippen LogP contribution in [-0.2, 0) is 13.5 Å². The topological polar surface area (TPSA) is 88.9 Å². The third-order valence-corrected chi connectivity index (χ3v) is 3.92. The SMILES string of the molecule is CCc1nc([C@@H](C)NC(=O)Nc2nccn(C)c2=O)cs1. The van der Waals surface area contributed by atoms with Gasteiger partial charge in [0.25, 0.3) is 5.56 Å². The molecule has 0 aromatic carbocycles.